The van der Waals surface area contributed by atoms with Crippen molar-refractivity contribution in [3.8, 4) is 0 Å². The van der Waals surface area contributed by atoms with Gasteiger partial charge in [-0.1, -0.05) is 13.3 Å². The van der Waals surface area contributed by atoms with Crippen LogP contribution in [0.2, 0.25) is 0 Å². The third kappa shape index (κ3) is 2.41. The average molecular weight is 239 g/mol. The third-order valence-electron chi connectivity index (χ3n) is 2.73. The minimum atomic E-state index is 0.160. The lowest BCUT2D eigenvalue weighted by Gasteiger charge is -2.27. The van der Waals surface area contributed by atoms with Crippen molar-refractivity contribution >= 4 is 17.2 Å². The summed E-state index contributed by atoms with van der Waals surface area (Å²) in [6.07, 6.45) is 1.93. The number of aryl methyl sites for hydroxylation is 1. The summed E-state index contributed by atoms with van der Waals surface area (Å²) in [5, 5.41) is 3.25. The summed E-state index contributed by atoms with van der Waals surface area (Å²) < 4.78 is 0. The molecule has 1 aliphatic heterocycles. The summed E-state index contributed by atoms with van der Waals surface area (Å²) in [5.41, 5.74) is 2.75. The maximum atomic E-state index is 12.2. The highest BCUT2D eigenvalue weighted by molar-refractivity contribution is 7.11. The predicted octanol–water partition coefficient (Wildman–Crippen LogP) is 1.14. The van der Waals surface area contributed by atoms with Crippen LogP contribution in [0.25, 0.3) is 0 Å². The van der Waals surface area contributed by atoms with E-state index in [1.165, 1.54) is 11.3 Å². The fourth-order valence-corrected chi connectivity index (χ4v) is 2.68. The quantitative estimate of drug-likeness (QED) is 0.860. The fraction of sp³-hybridized carbons (Fsp3) is 0.636. The van der Waals surface area contributed by atoms with Crippen molar-refractivity contribution in [2.24, 2.45) is 0 Å². The van der Waals surface area contributed by atoms with E-state index < -0.39 is 0 Å². The number of nitrogens with zero attached hydrogens (tertiary/aromatic N) is 2. The standard InChI is InChI=1S/C11H17N3OS/c1-2-3-9-10(16-8-13-9)11(15)14-6-4-12-5-7-14/h8,12H,2-7H2,1H3. The minimum Gasteiger partial charge on any atom is -0.335 e. The van der Waals surface area contributed by atoms with Gasteiger partial charge >= 0.3 is 0 Å². The van der Waals surface area contributed by atoms with Crippen molar-refractivity contribution in [3.05, 3.63) is 16.1 Å². The van der Waals surface area contributed by atoms with Crippen molar-refractivity contribution in [1.29, 1.82) is 0 Å². The van der Waals surface area contributed by atoms with Gasteiger partial charge in [0.1, 0.15) is 4.88 Å². The van der Waals surface area contributed by atoms with Gasteiger partial charge in [-0.05, 0) is 6.42 Å². The Morgan fingerprint density at radius 2 is 2.31 bits per heavy atom. The summed E-state index contributed by atoms with van der Waals surface area (Å²) in [6.45, 7) is 5.52. The predicted molar refractivity (Wildman–Crippen MR) is 64.9 cm³/mol. The van der Waals surface area contributed by atoms with E-state index in [-0.39, 0.29) is 5.91 Å². The molecule has 4 nitrogen and oxygen atoms in total. The number of thiazole rings is 1. The number of carbonyl (C=O) groups excluding carboxylic acids is 1. The highest BCUT2D eigenvalue weighted by atomic mass is 32.1. The maximum absolute atomic E-state index is 12.2. The summed E-state index contributed by atoms with van der Waals surface area (Å²) in [4.78, 5) is 19.3. The smallest absolute Gasteiger partial charge is 0.265 e. The lowest BCUT2D eigenvalue weighted by molar-refractivity contribution is 0.0739. The van der Waals surface area contributed by atoms with Crippen LogP contribution in [0.3, 0.4) is 0 Å². The largest absolute Gasteiger partial charge is 0.335 e. The van der Waals surface area contributed by atoms with Crippen molar-refractivity contribution in [3.63, 3.8) is 0 Å². The highest BCUT2D eigenvalue weighted by Crippen LogP contribution is 2.17. The first-order valence-corrected chi connectivity index (χ1v) is 6.63. The number of aromatic nitrogens is 1. The molecule has 1 N–H and O–H groups in total. The molecule has 0 aromatic carbocycles. The molecule has 1 amide bonds. The Hall–Kier alpha value is -0.940. The summed E-state index contributed by atoms with van der Waals surface area (Å²) in [5.74, 6) is 0.160. The number of piperazine rings is 1. The van der Waals surface area contributed by atoms with Crippen LogP contribution in [-0.4, -0.2) is 42.0 Å². The van der Waals surface area contributed by atoms with Crippen molar-refractivity contribution in [2.75, 3.05) is 26.2 Å². The van der Waals surface area contributed by atoms with Crippen LogP contribution < -0.4 is 5.32 Å². The zero-order valence-corrected chi connectivity index (χ0v) is 10.3. The molecule has 1 saturated heterocycles. The highest BCUT2D eigenvalue weighted by Gasteiger charge is 2.21. The number of amides is 1. The van der Waals surface area contributed by atoms with Gasteiger partial charge in [-0.3, -0.25) is 4.79 Å². The first-order chi connectivity index (χ1) is 7.83. The molecule has 0 atom stereocenters. The molecule has 1 aromatic rings. The summed E-state index contributed by atoms with van der Waals surface area (Å²) >= 11 is 1.47. The number of rotatable bonds is 3. The Morgan fingerprint density at radius 1 is 1.56 bits per heavy atom. The van der Waals surface area contributed by atoms with Gasteiger partial charge in [0.15, 0.2) is 0 Å². The molecule has 16 heavy (non-hydrogen) atoms. The molecular weight excluding hydrogens is 222 g/mol. The van der Waals surface area contributed by atoms with E-state index in [4.69, 9.17) is 0 Å². The van der Waals surface area contributed by atoms with E-state index in [9.17, 15) is 4.79 Å². The molecule has 2 rings (SSSR count). The zero-order chi connectivity index (χ0) is 11.4. The molecule has 88 valence electrons. The number of hydrogen-bond donors (Lipinski definition) is 1. The fourth-order valence-electron chi connectivity index (χ4n) is 1.87. The monoisotopic (exact) mass is 239 g/mol. The number of carbonyl (C=O) groups is 1. The maximum Gasteiger partial charge on any atom is 0.265 e. The Balaban J connectivity index is 2.09. The Bertz CT molecular complexity index is 358. The van der Waals surface area contributed by atoms with Gasteiger partial charge in [0.25, 0.3) is 5.91 Å². The Kier molecular flexibility index (Phi) is 3.90. The average Bonchev–Trinajstić information content (AvgIpc) is 2.78. The molecule has 0 radical (unpaired) electrons. The van der Waals surface area contributed by atoms with E-state index in [1.54, 1.807) is 5.51 Å². The van der Waals surface area contributed by atoms with Crippen LogP contribution in [0, 0.1) is 0 Å². The first-order valence-electron chi connectivity index (χ1n) is 5.75. The van der Waals surface area contributed by atoms with Crippen LogP contribution >= 0.6 is 11.3 Å². The van der Waals surface area contributed by atoms with Gasteiger partial charge in [0, 0.05) is 26.2 Å². The minimum absolute atomic E-state index is 0.160. The van der Waals surface area contributed by atoms with E-state index in [2.05, 4.69) is 17.2 Å². The molecule has 1 aliphatic rings. The van der Waals surface area contributed by atoms with Gasteiger partial charge in [-0.2, -0.15) is 0 Å². The van der Waals surface area contributed by atoms with Crippen LogP contribution in [0.1, 0.15) is 28.7 Å². The molecule has 1 aromatic heterocycles. The summed E-state index contributed by atoms with van der Waals surface area (Å²) in [6, 6.07) is 0. The molecule has 1 fully saturated rings. The van der Waals surface area contributed by atoms with Gasteiger partial charge < -0.3 is 10.2 Å². The molecular formula is C11H17N3OS. The second kappa shape index (κ2) is 5.41. The van der Waals surface area contributed by atoms with Crippen molar-refractivity contribution < 1.29 is 4.79 Å². The molecule has 2 heterocycles. The first kappa shape index (κ1) is 11.5. The summed E-state index contributed by atoms with van der Waals surface area (Å²) in [7, 11) is 0. The Labute approximate surface area is 99.7 Å². The zero-order valence-electron chi connectivity index (χ0n) is 9.53. The lowest BCUT2D eigenvalue weighted by atomic mass is 10.2. The molecule has 5 heteroatoms. The van der Waals surface area contributed by atoms with E-state index >= 15 is 0 Å². The Morgan fingerprint density at radius 3 is 3.00 bits per heavy atom. The molecule has 0 bridgehead atoms. The van der Waals surface area contributed by atoms with Crippen LogP contribution in [0.5, 0.6) is 0 Å². The normalized spacial score (nSPS) is 16.4. The number of nitrogens with one attached hydrogen (secondary N) is 1. The van der Waals surface area contributed by atoms with Crippen LogP contribution in [0.15, 0.2) is 5.51 Å². The van der Waals surface area contributed by atoms with Gasteiger partial charge in [0.05, 0.1) is 11.2 Å². The second-order valence-electron chi connectivity index (χ2n) is 3.92. The second-order valence-corrected chi connectivity index (χ2v) is 4.78. The third-order valence-corrected chi connectivity index (χ3v) is 3.58. The van der Waals surface area contributed by atoms with E-state index in [0.29, 0.717) is 0 Å². The van der Waals surface area contributed by atoms with Gasteiger partial charge in [0.2, 0.25) is 0 Å². The van der Waals surface area contributed by atoms with Crippen LogP contribution in [-0.2, 0) is 6.42 Å². The van der Waals surface area contributed by atoms with Gasteiger partial charge in [-0.25, -0.2) is 4.98 Å². The van der Waals surface area contributed by atoms with Gasteiger partial charge in [-0.15, -0.1) is 11.3 Å². The van der Waals surface area contributed by atoms with Crippen LogP contribution in [0.4, 0.5) is 0 Å². The topological polar surface area (TPSA) is 45.2 Å². The lowest BCUT2D eigenvalue weighted by Crippen LogP contribution is -2.46. The van der Waals surface area contributed by atoms with E-state index in [1.807, 2.05) is 4.90 Å². The van der Waals surface area contributed by atoms with Crippen molar-refractivity contribution in [1.82, 2.24) is 15.2 Å². The van der Waals surface area contributed by atoms with Crippen molar-refractivity contribution in [2.45, 2.75) is 19.8 Å². The molecule has 0 aliphatic carbocycles. The molecule has 0 saturated carbocycles. The van der Waals surface area contributed by atoms with E-state index in [0.717, 1.165) is 49.6 Å². The molecule has 0 spiro atoms. The SMILES string of the molecule is CCCc1ncsc1C(=O)N1CCNCC1. The number of hydrogen-bond acceptors (Lipinski definition) is 4. The molecule has 0 unspecified atom stereocenters.